The van der Waals surface area contributed by atoms with E-state index in [1.807, 2.05) is 24.3 Å². The number of aromatic carboxylic acids is 1. The van der Waals surface area contributed by atoms with E-state index in [1.54, 1.807) is 12.1 Å². The van der Waals surface area contributed by atoms with Crippen LogP contribution < -0.4 is 0 Å². The highest BCUT2D eigenvalue weighted by molar-refractivity contribution is 5.87. The Kier molecular flexibility index (Phi) is 8.47. The van der Waals surface area contributed by atoms with Crippen LogP contribution >= 0.6 is 0 Å². The first-order chi connectivity index (χ1) is 15.4. The Morgan fingerprint density at radius 2 is 1.72 bits per heavy atom. The number of nitrogens with zero attached hydrogens (tertiary/aromatic N) is 2. The maximum Gasteiger partial charge on any atom is 0.335 e. The molecule has 2 aliphatic rings. The van der Waals surface area contributed by atoms with E-state index in [2.05, 4.69) is 36.9 Å². The van der Waals surface area contributed by atoms with Crippen molar-refractivity contribution in [3.05, 3.63) is 70.8 Å². The van der Waals surface area contributed by atoms with Crippen LogP contribution in [0.2, 0.25) is 0 Å². The van der Waals surface area contributed by atoms with E-state index in [4.69, 9.17) is 10.4 Å². The number of nitriles is 1. The number of likely N-dealkylation sites (tertiary alicyclic amines) is 1. The van der Waals surface area contributed by atoms with Gasteiger partial charge in [-0.15, -0.1) is 0 Å². The van der Waals surface area contributed by atoms with Gasteiger partial charge in [0.05, 0.1) is 17.2 Å². The number of carboxylic acids is 1. The van der Waals surface area contributed by atoms with E-state index in [-0.39, 0.29) is 0 Å². The zero-order valence-corrected chi connectivity index (χ0v) is 19.5. The van der Waals surface area contributed by atoms with E-state index >= 15 is 0 Å². The monoisotopic (exact) mass is 432 g/mol. The quantitative estimate of drug-likeness (QED) is 0.560. The first-order valence-electron chi connectivity index (χ1n) is 12.0. The third kappa shape index (κ3) is 6.93. The van der Waals surface area contributed by atoms with Crippen molar-refractivity contribution in [2.24, 2.45) is 11.3 Å². The third-order valence-electron chi connectivity index (χ3n) is 6.97. The van der Waals surface area contributed by atoms with Crippen molar-refractivity contribution in [3.63, 3.8) is 0 Å². The maximum atomic E-state index is 10.5. The van der Waals surface area contributed by atoms with Crippen molar-refractivity contribution < 1.29 is 9.90 Å². The Morgan fingerprint density at radius 3 is 2.28 bits per heavy atom. The van der Waals surface area contributed by atoms with Gasteiger partial charge in [0.15, 0.2) is 0 Å². The van der Waals surface area contributed by atoms with Crippen molar-refractivity contribution >= 4 is 5.97 Å². The summed E-state index contributed by atoms with van der Waals surface area (Å²) in [5.41, 5.74) is 4.28. The number of hydrogen-bond acceptors (Lipinski definition) is 3. The number of carbonyl (C=O) groups is 1. The van der Waals surface area contributed by atoms with Crippen LogP contribution in [0.4, 0.5) is 0 Å². The smallest absolute Gasteiger partial charge is 0.335 e. The third-order valence-corrected chi connectivity index (χ3v) is 6.97. The van der Waals surface area contributed by atoms with Crippen molar-refractivity contribution in [2.75, 3.05) is 19.6 Å². The number of hydrogen-bond donors (Lipinski definition) is 1. The fourth-order valence-electron chi connectivity index (χ4n) is 4.61. The van der Waals surface area contributed by atoms with Gasteiger partial charge < -0.3 is 10.0 Å². The molecule has 2 aromatic rings. The highest BCUT2D eigenvalue weighted by atomic mass is 16.4. The second kappa shape index (κ2) is 11.3. The van der Waals surface area contributed by atoms with E-state index in [0.717, 1.165) is 37.3 Å². The minimum atomic E-state index is -0.859. The van der Waals surface area contributed by atoms with E-state index in [9.17, 15) is 4.79 Å². The van der Waals surface area contributed by atoms with Crippen molar-refractivity contribution in [1.29, 1.82) is 5.26 Å². The standard InChI is InChI=1S/C17H22N2.C11H14O2/c1-17(16-6-7-16)9-11-19(13-17)10-8-14-2-4-15(12-18)5-3-14;1-2-3-4-9-5-7-10(8-6-9)11(12)13/h2-5,16H,6-11,13H2,1H3;5-8H,2-4H2,1H3,(H,12,13). The number of aryl methyl sites for hydroxylation is 1. The molecule has 4 nitrogen and oxygen atoms in total. The molecule has 4 heteroatoms. The van der Waals surface area contributed by atoms with Gasteiger partial charge in [0.2, 0.25) is 0 Å². The lowest BCUT2D eigenvalue weighted by Crippen LogP contribution is -2.28. The fourth-order valence-corrected chi connectivity index (χ4v) is 4.61. The van der Waals surface area contributed by atoms with Gasteiger partial charge in [-0.2, -0.15) is 5.26 Å². The molecule has 0 radical (unpaired) electrons. The van der Waals surface area contributed by atoms with Gasteiger partial charge in [-0.3, -0.25) is 0 Å². The molecule has 1 atom stereocenters. The zero-order valence-electron chi connectivity index (χ0n) is 19.5. The minimum absolute atomic E-state index is 0.361. The molecular weight excluding hydrogens is 396 g/mol. The highest BCUT2D eigenvalue weighted by Crippen LogP contribution is 2.50. The summed E-state index contributed by atoms with van der Waals surface area (Å²) in [5.74, 6) is 0.148. The van der Waals surface area contributed by atoms with Gasteiger partial charge in [-0.1, -0.05) is 44.5 Å². The average Bonchev–Trinajstić information content (AvgIpc) is 3.61. The first kappa shape index (κ1) is 24.0. The largest absolute Gasteiger partial charge is 0.478 e. The molecule has 0 bridgehead atoms. The summed E-state index contributed by atoms with van der Waals surface area (Å²) in [6.45, 7) is 8.34. The summed E-state index contributed by atoms with van der Waals surface area (Å²) >= 11 is 0. The predicted molar refractivity (Wildman–Crippen MR) is 129 cm³/mol. The van der Waals surface area contributed by atoms with Gasteiger partial charge in [0, 0.05) is 13.1 Å². The molecule has 170 valence electrons. The van der Waals surface area contributed by atoms with Gasteiger partial charge >= 0.3 is 5.97 Å². The molecule has 2 fully saturated rings. The van der Waals surface area contributed by atoms with Crippen LogP contribution in [0.25, 0.3) is 0 Å². The average molecular weight is 433 g/mol. The molecule has 0 amide bonds. The minimum Gasteiger partial charge on any atom is -0.478 e. The van der Waals surface area contributed by atoms with Crippen LogP contribution in [0.5, 0.6) is 0 Å². The van der Waals surface area contributed by atoms with Crippen LogP contribution in [0.1, 0.15) is 73.0 Å². The Bertz CT molecular complexity index is 910. The molecule has 32 heavy (non-hydrogen) atoms. The molecule has 0 aromatic heterocycles. The van der Waals surface area contributed by atoms with E-state index < -0.39 is 5.97 Å². The second-order valence-electron chi connectivity index (χ2n) is 9.62. The van der Waals surface area contributed by atoms with Gasteiger partial charge in [-0.05, 0) is 91.8 Å². The second-order valence-corrected chi connectivity index (χ2v) is 9.62. The summed E-state index contributed by atoms with van der Waals surface area (Å²) in [6, 6.07) is 17.3. The maximum absolute atomic E-state index is 10.5. The lowest BCUT2D eigenvalue weighted by molar-refractivity contribution is 0.0697. The van der Waals surface area contributed by atoms with Gasteiger partial charge in [-0.25, -0.2) is 4.79 Å². The van der Waals surface area contributed by atoms with Crippen molar-refractivity contribution in [3.8, 4) is 6.07 Å². The van der Waals surface area contributed by atoms with Gasteiger partial charge in [0.25, 0.3) is 0 Å². The number of rotatable bonds is 8. The van der Waals surface area contributed by atoms with Crippen molar-refractivity contribution in [2.45, 2.75) is 58.8 Å². The van der Waals surface area contributed by atoms with Crippen LogP contribution in [0.15, 0.2) is 48.5 Å². The number of carboxylic acid groups (broad SMARTS) is 1. The van der Waals surface area contributed by atoms with Gasteiger partial charge in [0.1, 0.15) is 0 Å². The van der Waals surface area contributed by atoms with Crippen molar-refractivity contribution in [1.82, 2.24) is 4.90 Å². The first-order valence-corrected chi connectivity index (χ1v) is 12.0. The summed E-state index contributed by atoms with van der Waals surface area (Å²) < 4.78 is 0. The Morgan fingerprint density at radius 1 is 1.09 bits per heavy atom. The number of unbranched alkanes of at least 4 members (excludes halogenated alkanes) is 1. The predicted octanol–water partition coefficient (Wildman–Crippen LogP) is 5.95. The molecule has 1 saturated carbocycles. The normalized spacial score (nSPS) is 20.3. The Labute approximate surface area is 192 Å². The SMILES string of the molecule is CC1(C2CC2)CCN(CCc2ccc(C#N)cc2)C1.CCCCc1ccc(C(=O)O)cc1. The van der Waals surface area contributed by atoms with Crippen LogP contribution in [-0.4, -0.2) is 35.6 Å². The molecular formula is C28H36N2O2. The molecule has 1 aliphatic heterocycles. The highest BCUT2D eigenvalue weighted by Gasteiger charge is 2.45. The lowest BCUT2D eigenvalue weighted by atomic mass is 9.84. The summed E-state index contributed by atoms with van der Waals surface area (Å²) in [4.78, 5) is 13.1. The molecule has 1 unspecified atom stereocenters. The molecule has 0 spiro atoms. The van der Waals surface area contributed by atoms with Crippen LogP contribution in [0.3, 0.4) is 0 Å². The van der Waals surface area contributed by atoms with E-state index in [1.165, 1.54) is 49.9 Å². The summed E-state index contributed by atoms with van der Waals surface area (Å²) in [5, 5.41) is 17.4. The molecule has 4 rings (SSSR count). The molecule has 2 aromatic carbocycles. The lowest BCUT2D eigenvalue weighted by Gasteiger charge is -2.24. The van der Waals surface area contributed by atoms with Crippen LogP contribution in [0, 0.1) is 22.7 Å². The molecule has 1 saturated heterocycles. The summed E-state index contributed by atoms with van der Waals surface area (Å²) in [6.07, 6.45) is 8.76. The molecule has 1 aliphatic carbocycles. The fraction of sp³-hybridized carbons (Fsp3) is 0.500. The van der Waals surface area contributed by atoms with E-state index in [0.29, 0.717) is 11.0 Å². The zero-order chi connectivity index (χ0) is 23.0. The molecule has 1 heterocycles. The topological polar surface area (TPSA) is 64.3 Å². The number of benzene rings is 2. The summed E-state index contributed by atoms with van der Waals surface area (Å²) in [7, 11) is 0. The van der Waals surface area contributed by atoms with Crippen LogP contribution in [-0.2, 0) is 12.8 Å². The Balaban J connectivity index is 0.000000195. The molecule has 1 N–H and O–H groups in total. The Hall–Kier alpha value is -2.64.